The molecule has 3 rings (SSSR count). The van der Waals surface area contributed by atoms with E-state index in [9.17, 15) is 4.79 Å². The average Bonchev–Trinajstić information content (AvgIpc) is 2.84. The third-order valence-corrected chi connectivity index (χ3v) is 4.94. The molecular weight excluding hydrogens is 184 g/mol. The number of hydrogen-bond donors (Lipinski definition) is 0. The molecule has 0 amide bonds. The van der Waals surface area contributed by atoms with Crippen LogP contribution in [-0.2, 0) is 4.79 Å². The van der Waals surface area contributed by atoms with Crippen LogP contribution in [0, 0.1) is 29.1 Å². The molecule has 0 radical (unpaired) electrons. The number of hydrogen-bond acceptors (Lipinski definition) is 1. The van der Waals surface area contributed by atoms with Crippen molar-refractivity contribution in [3.05, 3.63) is 24.3 Å². The molecule has 1 fully saturated rings. The van der Waals surface area contributed by atoms with Crippen molar-refractivity contribution in [2.45, 2.75) is 26.7 Å². The maximum atomic E-state index is 11.9. The molecule has 0 aromatic carbocycles. The van der Waals surface area contributed by atoms with Crippen molar-refractivity contribution in [1.82, 2.24) is 0 Å². The molecule has 3 aliphatic rings. The molecule has 1 heteroatoms. The van der Waals surface area contributed by atoms with Crippen molar-refractivity contribution in [2.75, 3.05) is 0 Å². The Bertz CT molecular complexity index is 366. The summed E-state index contributed by atoms with van der Waals surface area (Å²) in [5, 5.41) is 0. The summed E-state index contributed by atoms with van der Waals surface area (Å²) in [4.78, 5) is 11.9. The van der Waals surface area contributed by atoms with Crippen molar-refractivity contribution < 1.29 is 4.79 Å². The zero-order valence-corrected chi connectivity index (χ0v) is 9.44. The molecule has 0 spiro atoms. The van der Waals surface area contributed by atoms with Crippen LogP contribution >= 0.6 is 0 Å². The maximum absolute atomic E-state index is 11.9. The lowest BCUT2D eigenvalue weighted by atomic mass is 9.61. The fourth-order valence-corrected chi connectivity index (χ4v) is 3.96. The van der Waals surface area contributed by atoms with E-state index in [0.717, 1.165) is 6.42 Å². The van der Waals surface area contributed by atoms with Gasteiger partial charge in [0.25, 0.3) is 0 Å². The number of allylic oxidation sites excluding steroid dienone is 4. The van der Waals surface area contributed by atoms with Crippen LogP contribution in [0.2, 0.25) is 0 Å². The molecule has 1 nitrogen and oxygen atoms in total. The second-order valence-electron chi connectivity index (χ2n) is 5.59. The third-order valence-electron chi connectivity index (χ3n) is 4.94. The van der Waals surface area contributed by atoms with Crippen LogP contribution in [0.15, 0.2) is 24.3 Å². The summed E-state index contributed by atoms with van der Waals surface area (Å²) >= 11 is 0. The Labute approximate surface area is 91.2 Å². The average molecular weight is 202 g/mol. The van der Waals surface area contributed by atoms with E-state index in [1.165, 1.54) is 6.42 Å². The lowest BCUT2D eigenvalue weighted by Gasteiger charge is -2.42. The monoisotopic (exact) mass is 202 g/mol. The summed E-state index contributed by atoms with van der Waals surface area (Å²) in [6.45, 7) is 4.56. The standard InChI is InChI=1S/C14H18O/c1-3-14(2)7-6-11(15)12-9-4-5-10(8-9)13(12)14/h4-7,9-10,12-13H,3,8H2,1-2H3/t9?,10-,12?,13?,14?/m1/s1. The molecule has 0 saturated heterocycles. The van der Waals surface area contributed by atoms with Crippen LogP contribution in [0.25, 0.3) is 0 Å². The first-order valence-corrected chi connectivity index (χ1v) is 6.07. The van der Waals surface area contributed by atoms with E-state index in [4.69, 9.17) is 0 Å². The summed E-state index contributed by atoms with van der Waals surface area (Å²) in [5.74, 6) is 2.47. The minimum atomic E-state index is 0.253. The molecule has 3 aliphatic carbocycles. The number of ketones is 1. The molecule has 0 aromatic rings. The van der Waals surface area contributed by atoms with Gasteiger partial charge in [0.1, 0.15) is 0 Å². The Morgan fingerprint density at radius 1 is 1.40 bits per heavy atom. The van der Waals surface area contributed by atoms with Crippen molar-refractivity contribution in [1.29, 1.82) is 0 Å². The van der Waals surface area contributed by atoms with Crippen LogP contribution in [0.1, 0.15) is 26.7 Å². The van der Waals surface area contributed by atoms with Gasteiger partial charge in [-0.2, -0.15) is 0 Å². The maximum Gasteiger partial charge on any atom is 0.159 e. The van der Waals surface area contributed by atoms with Crippen LogP contribution in [0.5, 0.6) is 0 Å². The Morgan fingerprint density at radius 2 is 2.13 bits per heavy atom. The minimum absolute atomic E-state index is 0.253. The van der Waals surface area contributed by atoms with Gasteiger partial charge in [-0.05, 0) is 42.1 Å². The Hall–Kier alpha value is -0.850. The molecule has 0 heterocycles. The van der Waals surface area contributed by atoms with E-state index in [1.807, 2.05) is 6.08 Å². The van der Waals surface area contributed by atoms with E-state index < -0.39 is 0 Å². The van der Waals surface area contributed by atoms with E-state index in [0.29, 0.717) is 29.5 Å². The zero-order valence-electron chi connectivity index (χ0n) is 9.44. The van der Waals surface area contributed by atoms with Gasteiger partial charge in [-0.3, -0.25) is 4.79 Å². The molecule has 2 bridgehead atoms. The van der Waals surface area contributed by atoms with Gasteiger partial charge >= 0.3 is 0 Å². The molecule has 5 atom stereocenters. The predicted octanol–water partition coefficient (Wildman–Crippen LogP) is 2.98. The molecule has 0 aromatic heterocycles. The molecule has 4 unspecified atom stereocenters. The summed E-state index contributed by atoms with van der Waals surface area (Å²) < 4.78 is 0. The van der Waals surface area contributed by atoms with E-state index in [1.54, 1.807) is 0 Å². The second-order valence-corrected chi connectivity index (χ2v) is 5.59. The Balaban J connectivity index is 2.07. The third kappa shape index (κ3) is 1.07. The fourth-order valence-electron chi connectivity index (χ4n) is 3.96. The van der Waals surface area contributed by atoms with Gasteiger partial charge in [0.05, 0.1) is 0 Å². The fraction of sp³-hybridized carbons (Fsp3) is 0.643. The second kappa shape index (κ2) is 2.84. The van der Waals surface area contributed by atoms with Crippen LogP contribution in [-0.4, -0.2) is 5.78 Å². The van der Waals surface area contributed by atoms with Gasteiger partial charge in [0, 0.05) is 5.92 Å². The number of fused-ring (bicyclic) bond motifs is 5. The first-order valence-electron chi connectivity index (χ1n) is 6.07. The van der Waals surface area contributed by atoms with Crippen LogP contribution in [0.3, 0.4) is 0 Å². The highest BCUT2D eigenvalue weighted by Gasteiger charge is 2.54. The predicted molar refractivity (Wildman–Crippen MR) is 60.3 cm³/mol. The normalized spacial score (nSPS) is 51.2. The molecular formula is C14H18O. The van der Waals surface area contributed by atoms with Crippen LogP contribution in [0.4, 0.5) is 0 Å². The van der Waals surface area contributed by atoms with Gasteiger partial charge in [0.2, 0.25) is 0 Å². The summed E-state index contributed by atoms with van der Waals surface area (Å²) in [7, 11) is 0. The zero-order chi connectivity index (χ0) is 10.6. The highest BCUT2D eigenvalue weighted by Crippen LogP contribution is 2.58. The van der Waals surface area contributed by atoms with Gasteiger partial charge in [-0.15, -0.1) is 0 Å². The summed E-state index contributed by atoms with van der Waals surface area (Å²) in [6, 6.07) is 0. The molecule has 0 aliphatic heterocycles. The van der Waals surface area contributed by atoms with E-state index >= 15 is 0 Å². The van der Waals surface area contributed by atoms with Crippen molar-refractivity contribution in [3.63, 3.8) is 0 Å². The first-order chi connectivity index (χ1) is 7.15. The Morgan fingerprint density at radius 3 is 2.87 bits per heavy atom. The van der Waals surface area contributed by atoms with E-state index in [-0.39, 0.29) is 5.41 Å². The summed E-state index contributed by atoms with van der Waals surface area (Å²) in [6.07, 6.45) is 11.0. The minimum Gasteiger partial charge on any atom is -0.295 e. The first kappa shape index (κ1) is 9.38. The summed E-state index contributed by atoms with van der Waals surface area (Å²) in [5.41, 5.74) is 0.253. The van der Waals surface area contributed by atoms with Gasteiger partial charge in [0.15, 0.2) is 5.78 Å². The molecule has 0 N–H and O–H groups in total. The number of carbonyl (C=O) groups excluding carboxylic acids is 1. The van der Waals surface area contributed by atoms with Crippen molar-refractivity contribution >= 4 is 5.78 Å². The lowest BCUT2D eigenvalue weighted by Crippen LogP contribution is -2.40. The van der Waals surface area contributed by atoms with Crippen molar-refractivity contribution in [3.8, 4) is 0 Å². The highest BCUT2D eigenvalue weighted by atomic mass is 16.1. The number of rotatable bonds is 1. The van der Waals surface area contributed by atoms with Gasteiger partial charge in [-0.25, -0.2) is 0 Å². The molecule has 1 saturated carbocycles. The molecule has 15 heavy (non-hydrogen) atoms. The topological polar surface area (TPSA) is 17.1 Å². The van der Waals surface area contributed by atoms with Gasteiger partial charge < -0.3 is 0 Å². The largest absolute Gasteiger partial charge is 0.295 e. The van der Waals surface area contributed by atoms with Crippen molar-refractivity contribution in [2.24, 2.45) is 29.1 Å². The van der Waals surface area contributed by atoms with E-state index in [2.05, 4.69) is 32.1 Å². The highest BCUT2D eigenvalue weighted by molar-refractivity contribution is 5.94. The van der Waals surface area contributed by atoms with Gasteiger partial charge in [-0.1, -0.05) is 32.1 Å². The van der Waals surface area contributed by atoms with Crippen LogP contribution < -0.4 is 0 Å². The lowest BCUT2D eigenvalue weighted by molar-refractivity contribution is -0.122. The smallest absolute Gasteiger partial charge is 0.159 e. The number of carbonyl (C=O) groups is 1. The SMILES string of the molecule is CCC1(C)C=CC(=O)C2C3C=C[C@H](C3)C21. The quantitative estimate of drug-likeness (QED) is 0.597. The molecule has 80 valence electrons. The Kier molecular flexibility index (Phi) is 1.78.